The van der Waals surface area contributed by atoms with Crippen LogP contribution in [0, 0.1) is 23.7 Å². The van der Waals surface area contributed by atoms with Crippen molar-refractivity contribution in [2.75, 3.05) is 5.75 Å². The molecule has 1 N–H and O–H groups in total. The van der Waals surface area contributed by atoms with E-state index in [-0.39, 0.29) is 0 Å². The summed E-state index contributed by atoms with van der Waals surface area (Å²) in [6.45, 7) is 2.12. The number of aromatic nitrogens is 2. The first-order valence-corrected chi connectivity index (χ1v) is 9.76. The molecule has 114 valence electrons. The Morgan fingerprint density at radius 3 is 3.05 bits per heavy atom. The van der Waals surface area contributed by atoms with Crippen molar-refractivity contribution in [3.05, 3.63) is 11.9 Å². The van der Waals surface area contributed by atoms with Crippen LogP contribution in [0.4, 0.5) is 0 Å². The molecule has 5 rings (SSSR count). The Morgan fingerprint density at radius 1 is 1.14 bits per heavy atom. The molecule has 4 aliphatic rings. The molecule has 4 heteroatoms. The lowest BCUT2D eigenvalue weighted by atomic mass is 9.56. The van der Waals surface area contributed by atoms with Crippen LogP contribution < -0.4 is 5.32 Å². The van der Waals surface area contributed by atoms with Gasteiger partial charge in [-0.2, -0.15) is 0 Å². The van der Waals surface area contributed by atoms with Crippen LogP contribution in [0.25, 0.3) is 0 Å². The molecule has 3 nitrogen and oxygen atoms in total. The van der Waals surface area contributed by atoms with Crippen molar-refractivity contribution in [2.24, 2.45) is 23.7 Å². The summed E-state index contributed by atoms with van der Waals surface area (Å²) in [5, 5.41) is 5.11. The summed E-state index contributed by atoms with van der Waals surface area (Å²) < 4.78 is 2.32. The second-order valence-corrected chi connectivity index (χ2v) is 8.77. The van der Waals surface area contributed by atoms with E-state index in [4.69, 9.17) is 4.98 Å². The zero-order valence-electron chi connectivity index (χ0n) is 12.6. The van der Waals surface area contributed by atoms with E-state index in [2.05, 4.69) is 16.1 Å². The minimum absolute atomic E-state index is 0.763. The van der Waals surface area contributed by atoms with E-state index < -0.39 is 0 Å². The van der Waals surface area contributed by atoms with Gasteiger partial charge in [0, 0.05) is 31.1 Å². The van der Waals surface area contributed by atoms with Gasteiger partial charge in [0.05, 0.1) is 5.69 Å². The molecule has 1 aromatic rings. The number of fused-ring (bicyclic) bond motifs is 3. The Morgan fingerprint density at radius 2 is 2.10 bits per heavy atom. The van der Waals surface area contributed by atoms with Crippen LogP contribution in [0.15, 0.2) is 11.4 Å². The van der Waals surface area contributed by atoms with Gasteiger partial charge in [-0.25, -0.2) is 4.98 Å². The third-order valence-electron chi connectivity index (χ3n) is 6.51. The van der Waals surface area contributed by atoms with Crippen LogP contribution in [0.3, 0.4) is 0 Å². The highest BCUT2D eigenvalue weighted by Crippen LogP contribution is 2.52. The molecule has 1 aliphatic heterocycles. The molecule has 3 saturated carbocycles. The SMILES string of the molecule is c1c(CNC2CC3CCC4CC3CC2C4)nc2n1CCS2. The van der Waals surface area contributed by atoms with Crippen molar-refractivity contribution in [3.63, 3.8) is 0 Å². The van der Waals surface area contributed by atoms with Crippen molar-refractivity contribution in [1.82, 2.24) is 14.9 Å². The van der Waals surface area contributed by atoms with E-state index in [1.807, 2.05) is 11.8 Å². The highest BCUT2D eigenvalue weighted by atomic mass is 32.2. The standard InChI is InChI=1S/C17H25N3S/c1-2-12-8-16(14-6-11(1)5-13(12)7-14)18-9-15-10-20-3-4-21-17(20)19-15/h10-14,16,18H,1-9H2. The first-order chi connectivity index (χ1) is 10.3. The first kappa shape index (κ1) is 13.0. The number of hydrogen-bond donors (Lipinski definition) is 1. The summed E-state index contributed by atoms with van der Waals surface area (Å²) in [6.07, 6.45) is 11.3. The molecule has 2 heterocycles. The maximum absolute atomic E-state index is 4.77. The smallest absolute Gasteiger partial charge is 0.168 e. The molecule has 21 heavy (non-hydrogen) atoms. The minimum atomic E-state index is 0.763. The Kier molecular flexibility index (Phi) is 3.11. The van der Waals surface area contributed by atoms with Gasteiger partial charge in [0.1, 0.15) is 0 Å². The molecule has 3 aliphatic carbocycles. The van der Waals surface area contributed by atoms with Gasteiger partial charge >= 0.3 is 0 Å². The van der Waals surface area contributed by atoms with Gasteiger partial charge in [0.25, 0.3) is 0 Å². The van der Waals surface area contributed by atoms with E-state index in [0.717, 1.165) is 42.8 Å². The fraction of sp³-hybridized carbons (Fsp3) is 0.824. The zero-order chi connectivity index (χ0) is 13.8. The third-order valence-corrected chi connectivity index (χ3v) is 7.48. The summed E-state index contributed by atoms with van der Waals surface area (Å²) >= 11 is 1.90. The average molecular weight is 303 g/mol. The quantitative estimate of drug-likeness (QED) is 0.929. The van der Waals surface area contributed by atoms with Gasteiger partial charge in [0.15, 0.2) is 5.16 Å². The van der Waals surface area contributed by atoms with Crippen LogP contribution in [0.2, 0.25) is 0 Å². The van der Waals surface area contributed by atoms with E-state index in [0.29, 0.717) is 0 Å². The normalized spacial score (nSPS) is 40.5. The Hall–Kier alpha value is -0.480. The van der Waals surface area contributed by atoms with E-state index in [9.17, 15) is 0 Å². The first-order valence-electron chi connectivity index (χ1n) is 8.77. The van der Waals surface area contributed by atoms with Gasteiger partial charge in [-0.3, -0.25) is 0 Å². The lowest BCUT2D eigenvalue weighted by Crippen LogP contribution is -2.49. The predicted molar refractivity (Wildman–Crippen MR) is 85.2 cm³/mol. The fourth-order valence-electron chi connectivity index (χ4n) is 5.53. The second kappa shape index (κ2) is 5.02. The van der Waals surface area contributed by atoms with Crippen LogP contribution in [-0.4, -0.2) is 21.3 Å². The molecule has 5 unspecified atom stereocenters. The molecule has 0 spiro atoms. The van der Waals surface area contributed by atoms with Crippen molar-refractivity contribution < 1.29 is 0 Å². The molecule has 0 saturated heterocycles. The molecule has 0 radical (unpaired) electrons. The monoisotopic (exact) mass is 303 g/mol. The van der Waals surface area contributed by atoms with Crippen LogP contribution in [-0.2, 0) is 13.1 Å². The number of aryl methyl sites for hydroxylation is 1. The Bertz CT molecular complexity index is 517. The maximum atomic E-state index is 4.77. The topological polar surface area (TPSA) is 29.9 Å². The maximum Gasteiger partial charge on any atom is 0.168 e. The third kappa shape index (κ3) is 2.26. The minimum Gasteiger partial charge on any atom is -0.325 e. The number of hydrogen-bond acceptors (Lipinski definition) is 3. The Labute approximate surface area is 131 Å². The van der Waals surface area contributed by atoms with E-state index >= 15 is 0 Å². The van der Waals surface area contributed by atoms with Gasteiger partial charge in [-0.15, -0.1) is 0 Å². The second-order valence-electron chi connectivity index (χ2n) is 7.71. The molecule has 0 aromatic carbocycles. The molecule has 3 bridgehead atoms. The van der Waals surface area contributed by atoms with Gasteiger partial charge < -0.3 is 9.88 Å². The van der Waals surface area contributed by atoms with Crippen LogP contribution >= 0.6 is 11.8 Å². The summed E-state index contributed by atoms with van der Waals surface area (Å²) in [5.74, 6) is 5.31. The van der Waals surface area contributed by atoms with Crippen molar-refractivity contribution in [1.29, 1.82) is 0 Å². The van der Waals surface area contributed by atoms with Gasteiger partial charge in [-0.05, 0) is 55.8 Å². The van der Waals surface area contributed by atoms with Crippen molar-refractivity contribution in [3.8, 4) is 0 Å². The van der Waals surface area contributed by atoms with Crippen molar-refractivity contribution in [2.45, 2.75) is 62.8 Å². The largest absolute Gasteiger partial charge is 0.325 e. The van der Waals surface area contributed by atoms with E-state index in [1.165, 1.54) is 48.7 Å². The molecule has 1 aromatic heterocycles. The predicted octanol–water partition coefficient (Wildman–Crippen LogP) is 3.29. The number of imidazole rings is 1. The van der Waals surface area contributed by atoms with Crippen molar-refractivity contribution >= 4 is 11.8 Å². The average Bonchev–Trinajstić information content (AvgIpc) is 3.05. The van der Waals surface area contributed by atoms with Gasteiger partial charge in [0.2, 0.25) is 0 Å². The summed E-state index contributed by atoms with van der Waals surface area (Å²) in [5.41, 5.74) is 1.25. The highest BCUT2D eigenvalue weighted by molar-refractivity contribution is 7.99. The lowest BCUT2D eigenvalue weighted by molar-refractivity contribution is 0.00796. The summed E-state index contributed by atoms with van der Waals surface area (Å²) in [4.78, 5) is 4.77. The van der Waals surface area contributed by atoms with E-state index in [1.54, 1.807) is 6.42 Å². The lowest BCUT2D eigenvalue weighted by Gasteiger charge is -2.52. The van der Waals surface area contributed by atoms with Gasteiger partial charge in [-0.1, -0.05) is 18.2 Å². The summed E-state index contributed by atoms with van der Waals surface area (Å²) in [7, 11) is 0. The summed E-state index contributed by atoms with van der Waals surface area (Å²) in [6, 6.07) is 0.763. The number of rotatable bonds is 3. The fourth-order valence-corrected chi connectivity index (χ4v) is 6.49. The molecular formula is C17H25N3S. The van der Waals surface area contributed by atoms with Crippen LogP contribution in [0.1, 0.15) is 44.2 Å². The highest BCUT2D eigenvalue weighted by Gasteiger charge is 2.45. The number of thioether (sulfide) groups is 1. The Balaban J connectivity index is 1.26. The van der Waals surface area contributed by atoms with Crippen LogP contribution in [0.5, 0.6) is 0 Å². The number of nitrogens with zero attached hydrogens (tertiary/aromatic N) is 2. The number of nitrogens with one attached hydrogen (secondary N) is 1. The molecule has 5 atom stereocenters. The molecular weight excluding hydrogens is 278 g/mol. The molecule has 3 fully saturated rings. The zero-order valence-corrected chi connectivity index (χ0v) is 13.4. The molecule has 0 amide bonds.